The van der Waals surface area contributed by atoms with Crippen LogP contribution in [0.15, 0.2) is 21.7 Å². The third-order valence-corrected chi connectivity index (χ3v) is 3.76. The summed E-state index contributed by atoms with van der Waals surface area (Å²) in [5.74, 6) is 0. The molecule has 1 N–H and O–H groups in total. The molecule has 0 saturated heterocycles. The van der Waals surface area contributed by atoms with Gasteiger partial charge in [-0.3, -0.25) is 14.9 Å². The van der Waals surface area contributed by atoms with Gasteiger partial charge >= 0.3 is 5.69 Å². The maximum atomic E-state index is 11.6. The maximum Gasteiger partial charge on any atom is 0.333 e. The van der Waals surface area contributed by atoms with E-state index in [1.54, 1.807) is 0 Å². The smallest absolute Gasteiger partial charge is 0.333 e. The van der Waals surface area contributed by atoms with Crippen LogP contribution in [0.3, 0.4) is 0 Å². The van der Waals surface area contributed by atoms with Gasteiger partial charge in [-0.05, 0) is 22.9 Å². The first-order chi connectivity index (χ1) is 9.51. The van der Waals surface area contributed by atoms with Crippen LogP contribution >= 0.6 is 27.3 Å². The quantitative estimate of drug-likeness (QED) is 0.645. The third kappa shape index (κ3) is 3.20. The van der Waals surface area contributed by atoms with Crippen molar-refractivity contribution in [2.24, 2.45) is 0 Å². The number of anilines is 1. The van der Waals surface area contributed by atoms with Gasteiger partial charge in [0.1, 0.15) is 5.01 Å². The van der Waals surface area contributed by atoms with Crippen LogP contribution in [-0.2, 0) is 6.54 Å². The Kier molecular flexibility index (Phi) is 4.45. The van der Waals surface area contributed by atoms with E-state index in [0.717, 1.165) is 6.54 Å². The number of hydrogen-bond donors (Lipinski definition) is 1. The molecule has 0 saturated carbocycles. The number of rotatable bonds is 5. The lowest BCUT2D eigenvalue weighted by atomic mass is 10.4. The molecule has 0 aliphatic rings. The summed E-state index contributed by atoms with van der Waals surface area (Å²) in [6.45, 7) is 3.00. The molecule has 0 amide bonds. The minimum Gasteiger partial charge on any atom is -0.360 e. The average molecular weight is 360 g/mol. The number of hydrogen-bond acceptors (Lipinski definition) is 7. The van der Waals surface area contributed by atoms with Crippen LogP contribution < -0.4 is 10.7 Å². The van der Waals surface area contributed by atoms with Gasteiger partial charge in [-0.1, -0.05) is 11.3 Å². The Bertz CT molecular complexity index is 698. The summed E-state index contributed by atoms with van der Waals surface area (Å²) in [5, 5.41) is 23.1. The van der Waals surface area contributed by atoms with E-state index in [-0.39, 0.29) is 4.47 Å². The van der Waals surface area contributed by atoms with E-state index in [0.29, 0.717) is 16.7 Å². The minimum atomic E-state index is -0.701. The molecule has 0 spiro atoms. The lowest BCUT2D eigenvalue weighted by Gasteiger charge is -2.03. The van der Waals surface area contributed by atoms with Crippen molar-refractivity contribution in [3.63, 3.8) is 0 Å². The van der Waals surface area contributed by atoms with E-state index in [9.17, 15) is 14.9 Å². The fourth-order valence-electron chi connectivity index (χ4n) is 1.50. The molecule has 0 aromatic carbocycles. The van der Waals surface area contributed by atoms with Gasteiger partial charge in [0.2, 0.25) is 5.13 Å². The molecule has 0 bridgehead atoms. The number of nitrogens with zero attached hydrogens (tertiary/aromatic N) is 4. The van der Waals surface area contributed by atoms with Crippen LogP contribution in [0, 0.1) is 10.1 Å². The molecule has 2 aromatic heterocycles. The van der Waals surface area contributed by atoms with Crippen molar-refractivity contribution in [3.05, 3.63) is 42.2 Å². The highest BCUT2D eigenvalue weighted by Crippen LogP contribution is 2.17. The van der Waals surface area contributed by atoms with Crippen LogP contribution in [0.2, 0.25) is 0 Å². The Hall–Kier alpha value is -1.81. The first-order valence-electron chi connectivity index (χ1n) is 5.61. The first kappa shape index (κ1) is 14.6. The molecule has 2 heterocycles. The van der Waals surface area contributed by atoms with Gasteiger partial charge in [0.25, 0.3) is 5.43 Å². The van der Waals surface area contributed by atoms with E-state index < -0.39 is 16.0 Å². The second kappa shape index (κ2) is 6.09. The van der Waals surface area contributed by atoms with Gasteiger partial charge in [-0.2, -0.15) is 0 Å². The summed E-state index contributed by atoms with van der Waals surface area (Å²) in [4.78, 5) is 21.7. The Morgan fingerprint density at radius 2 is 2.25 bits per heavy atom. The summed E-state index contributed by atoms with van der Waals surface area (Å²) < 4.78 is 1.67. The first-order valence-corrected chi connectivity index (χ1v) is 7.22. The highest BCUT2D eigenvalue weighted by atomic mass is 79.9. The second-order valence-electron chi connectivity index (χ2n) is 3.78. The fraction of sp³-hybridized carbons (Fsp3) is 0.300. The maximum absolute atomic E-state index is 11.6. The SMILES string of the molecule is CCNc1nnc(Cn2cc(Br)c(=O)c([N+](=O)[O-])c2)s1. The zero-order chi connectivity index (χ0) is 14.7. The molecule has 0 fully saturated rings. The topological polar surface area (TPSA) is 103 Å². The lowest BCUT2D eigenvalue weighted by molar-refractivity contribution is -0.386. The van der Waals surface area contributed by atoms with Gasteiger partial charge in [-0.15, -0.1) is 10.2 Å². The van der Waals surface area contributed by atoms with Gasteiger partial charge in [0.15, 0.2) is 0 Å². The third-order valence-electron chi connectivity index (χ3n) is 2.33. The molecule has 0 unspecified atom stereocenters. The number of aromatic nitrogens is 3. The Morgan fingerprint density at radius 1 is 1.50 bits per heavy atom. The van der Waals surface area contributed by atoms with Crippen LogP contribution in [0.25, 0.3) is 0 Å². The second-order valence-corrected chi connectivity index (χ2v) is 5.70. The van der Waals surface area contributed by atoms with E-state index >= 15 is 0 Å². The Morgan fingerprint density at radius 3 is 2.90 bits per heavy atom. The highest BCUT2D eigenvalue weighted by Gasteiger charge is 2.16. The predicted octanol–water partition coefficient (Wildman–Crippen LogP) is 1.85. The molecule has 0 aliphatic heterocycles. The standard InChI is InChI=1S/C10H10BrN5O3S/c1-2-12-10-14-13-8(20-10)5-15-3-6(11)9(17)7(4-15)16(18)19/h3-4H,2,5H2,1H3,(H,12,14). The molecule has 10 heteroatoms. The van der Waals surface area contributed by atoms with Crippen molar-refractivity contribution in [2.75, 3.05) is 11.9 Å². The normalized spacial score (nSPS) is 10.5. The molecule has 2 aromatic rings. The van der Waals surface area contributed by atoms with Crippen LogP contribution in [0.4, 0.5) is 10.8 Å². The molecule has 0 aliphatic carbocycles. The van der Waals surface area contributed by atoms with Crippen molar-refractivity contribution in [1.29, 1.82) is 0 Å². The van der Waals surface area contributed by atoms with Crippen LogP contribution in [0.5, 0.6) is 0 Å². The molecule has 106 valence electrons. The molecular formula is C10H10BrN5O3S. The van der Waals surface area contributed by atoms with E-state index in [2.05, 4.69) is 31.4 Å². The van der Waals surface area contributed by atoms with E-state index in [1.807, 2.05) is 6.92 Å². The molecular weight excluding hydrogens is 350 g/mol. The summed E-state index contributed by atoms with van der Waals surface area (Å²) in [5.41, 5.74) is -1.12. The lowest BCUT2D eigenvalue weighted by Crippen LogP contribution is -2.13. The minimum absolute atomic E-state index is 0.142. The zero-order valence-electron chi connectivity index (χ0n) is 10.4. The Labute approximate surface area is 125 Å². The molecule has 2 rings (SSSR count). The zero-order valence-corrected chi connectivity index (χ0v) is 12.8. The fourth-order valence-corrected chi connectivity index (χ4v) is 2.78. The van der Waals surface area contributed by atoms with Crippen molar-refractivity contribution in [2.45, 2.75) is 13.5 Å². The number of halogens is 1. The summed E-state index contributed by atoms with van der Waals surface area (Å²) in [7, 11) is 0. The monoisotopic (exact) mass is 359 g/mol. The molecule has 0 radical (unpaired) electrons. The van der Waals surface area contributed by atoms with Crippen molar-refractivity contribution >= 4 is 38.1 Å². The van der Waals surface area contributed by atoms with Gasteiger partial charge < -0.3 is 9.88 Å². The van der Waals surface area contributed by atoms with E-state index in [1.165, 1.54) is 28.3 Å². The van der Waals surface area contributed by atoms with Gasteiger partial charge in [0, 0.05) is 12.7 Å². The Balaban J connectivity index is 2.29. The summed E-state index contributed by atoms with van der Waals surface area (Å²) >= 11 is 4.39. The van der Waals surface area contributed by atoms with Crippen LogP contribution in [0.1, 0.15) is 11.9 Å². The average Bonchev–Trinajstić information content (AvgIpc) is 2.81. The number of nitrogens with one attached hydrogen (secondary N) is 1. The molecule has 20 heavy (non-hydrogen) atoms. The van der Waals surface area contributed by atoms with Crippen molar-refractivity contribution in [3.8, 4) is 0 Å². The number of pyridine rings is 1. The highest BCUT2D eigenvalue weighted by molar-refractivity contribution is 9.10. The predicted molar refractivity (Wildman–Crippen MR) is 78.2 cm³/mol. The summed E-state index contributed by atoms with van der Waals surface area (Å²) in [6.07, 6.45) is 2.69. The van der Waals surface area contributed by atoms with E-state index in [4.69, 9.17) is 0 Å². The van der Waals surface area contributed by atoms with Gasteiger partial charge in [0.05, 0.1) is 22.1 Å². The van der Waals surface area contributed by atoms with Crippen molar-refractivity contribution < 1.29 is 4.92 Å². The largest absolute Gasteiger partial charge is 0.360 e. The number of nitro groups is 1. The summed E-state index contributed by atoms with van der Waals surface area (Å²) in [6, 6.07) is 0. The molecule has 0 atom stereocenters. The van der Waals surface area contributed by atoms with Gasteiger partial charge in [-0.25, -0.2) is 0 Å². The van der Waals surface area contributed by atoms with Crippen LogP contribution in [-0.4, -0.2) is 26.2 Å². The molecule has 8 nitrogen and oxygen atoms in total. The van der Waals surface area contributed by atoms with Crippen molar-refractivity contribution in [1.82, 2.24) is 14.8 Å².